The van der Waals surface area contributed by atoms with Gasteiger partial charge >= 0.3 is 0 Å². The van der Waals surface area contributed by atoms with Gasteiger partial charge in [-0.05, 0) is 85.0 Å². The van der Waals surface area contributed by atoms with Crippen molar-refractivity contribution in [3.8, 4) is 11.3 Å². The van der Waals surface area contributed by atoms with Crippen molar-refractivity contribution in [1.82, 2.24) is 15.2 Å². The van der Waals surface area contributed by atoms with Crippen molar-refractivity contribution in [1.29, 1.82) is 0 Å². The van der Waals surface area contributed by atoms with E-state index in [0.717, 1.165) is 11.3 Å². The monoisotopic (exact) mass is 520 g/mol. The van der Waals surface area contributed by atoms with E-state index in [1.807, 2.05) is 59.5 Å². The molecule has 0 radical (unpaired) electrons. The van der Waals surface area contributed by atoms with Crippen molar-refractivity contribution in [3.63, 3.8) is 0 Å². The molecule has 0 unspecified atom stereocenters. The van der Waals surface area contributed by atoms with E-state index in [1.54, 1.807) is 6.20 Å². The summed E-state index contributed by atoms with van der Waals surface area (Å²) < 4.78 is 19.5. The first kappa shape index (κ1) is 24.0. The van der Waals surface area contributed by atoms with Crippen LogP contribution in [0.3, 0.4) is 0 Å². The van der Waals surface area contributed by atoms with Crippen LogP contribution in [0.1, 0.15) is 30.0 Å². The molecular formula is C27H22ClFN4O2S. The third-order valence-electron chi connectivity index (χ3n) is 5.95. The number of hydrogen-bond donors (Lipinski definition) is 2. The van der Waals surface area contributed by atoms with Gasteiger partial charge in [0, 0.05) is 35.4 Å². The van der Waals surface area contributed by atoms with E-state index in [2.05, 4.69) is 15.6 Å². The maximum atomic E-state index is 13.2. The fourth-order valence-electron chi connectivity index (χ4n) is 4.22. The number of anilines is 1. The SMILES string of the molecule is O=C(CCN1C(=S)N[C@H](c2ccccn2)[C@H]1c1ccc(-c2ccc(Cl)cc2)o1)Nc1ccc(F)cc1. The Morgan fingerprint density at radius 1 is 1.08 bits per heavy atom. The highest BCUT2D eigenvalue weighted by atomic mass is 35.5. The number of nitrogens with one attached hydrogen (secondary N) is 2. The summed E-state index contributed by atoms with van der Waals surface area (Å²) in [5, 5.41) is 7.30. The number of rotatable bonds is 7. The smallest absolute Gasteiger partial charge is 0.226 e. The maximum absolute atomic E-state index is 13.2. The second-order valence-corrected chi connectivity index (χ2v) is 9.16. The first-order valence-corrected chi connectivity index (χ1v) is 12.2. The highest BCUT2D eigenvalue weighted by molar-refractivity contribution is 7.80. The first-order valence-electron chi connectivity index (χ1n) is 11.4. The van der Waals surface area contributed by atoms with Crippen LogP contribution in [0.15, 0.2) is 89.5 Å². The summed E-state index contributed by atoms with van der Waals surface area (Å²) in [5.74, 6) is 0.835. The minimum atomic E-state index is -0.360. The Hall–Kier alpha value is -3.75. The average molecular weight is 521 g/mol. The lowest BCUT2D eigenvalue weighted by atomic mass is 10.0. The molecule has 2 aromatic carbocycles. The summed E-state index contributed by atoms with van der Waals surface area (Å²) in [6.45, 7) is 0.351. The average Bonchev–Trinajstić information content (AvgIpc) is 3.50. The van der Waals surface area contributed by atoms with Gasteiger partial charge in [-0.25, -0.2) is 4.39 Å². The van der Waals surface area contributed by atoms with Crippen molar-refractivity contribution in [3.05, 3.63) is 107 Å². The third kappa shape index (κ3) is 5.24. The molecule has 1 fully saturated rings. The number of nitrogens with zero attached hydrogens (tertiary/aromatic N) is 2. The molecule has 1 aliphatic rings. The molecular weight excluding hydrogens is 499 g/mol. The predicted octanol–water partition coefficient (Wildman–Crippen LogP) is 6.14. The molecule has 2 N–H and O–H groups in total. The number of amides is 1. The van der Waals surface area contributed by atoms with Crippen LogP contribution in [-0.4, -0.2) is 27.4 Å². The van der Waals surface area contributed by atoms with E-state index >= 15 is 0 Å². The minimum absolute atomic E-state index is 0.176. The van der Waals surface area contributed by atoms with Crippen LogP contribution in [-0.2, 0) is 4.79 Å². The van der Waals surface area contributed by atoms with E-state index in [0.29, 0.717) is 33.9 Å². The molecule has 1 aliphatic heterocycles. The molecule has 0 saturated carbocycles. The molecule has 36 heavy (non-hydrogen) atoms. The number of pyridine rings is 1. The zero-order chi connectivity index (χ0) is 25.1. The molecule has 6 nitrogen and oxygen atoms in total. The van der Waals surface area contributed by atoms with E-state index in [1.165, 1.54) is 24.3 Å². The lowest BCUT2D eigenvalue weighted by Gasteiger charge is -2.25. The second kappa shape index (κ2) is 10.5. The number of halogens is 2. The molecule has 5 rings (SSSR count). The number of aromatic nitrogens is 1. The summed E-state index contributed by atoms with van der Waals surface area (Å²) in [7, 11) is 0. The van der Waals surface area contributed by atoms with Gasteiger partial charge in [0.1, 0.15) is 23.4 Å². The normalized spacial score (nSPS) is 17.2. The number of carbonyl (C=O) groups excluding carboxylic acids is 1. The van der Waals surface area contributed by atoms with Crippen LogP contribution in [0.4, 0.5) is 10.1 Å². The number of furan rings is 1. The van der Waals surface area contributed by atoms with Crippen LogP contribution in [0.25, 0.3) is 11.3 Å². The van der Waals surface area contributed by atoms with Gasteiger partial charge in [0.2, 0.25) is 5.91 Å². The fraction of sp³-hybridized carbons (Fsp3) is 0.148. The van der Waals surface area contributed by atoms with Gasteiger partial charge in [-0.2, -0.15) is 0 Å². The van der Waals surface area contributed by atoms with E-state index in [9.17, 15) is 9.18 Å². The highest BCUT2D eigenvalue weighted by Gasteiger charge is 2.41. The number of hydrogen-bond acceptors (Lipinski definition) is 4. The number of benzene rings is 2. The van der Waals surface area contributed by atoms with E-state index < -0.39 is 0 Å². The summed E-state index contributed by atoms with van der Waals surface area (Å²) in [4.78, 5) is 19.1. The molecule has 1 saturated heterocycles. The fourth-order valence-corrected chi connectivity index (χ4v) is 4.67. The second-order valence-electron chi connectivity index (χ2n) is 8.33. The molecule has 2 atom stereocenters. The molecule has 9 heteroatoms. The Morgan fingerprint density at radius 2 is 1.86 bits per heavy atom. The first-order chi connectivity index (χ1) is 17.5. The largest absolute Gasteiger partial charge is 0.459 e. The van der Waals surface area contributed by atoms with Gasteiger partial charge in [-0.3, -0.25) is 9.78 Å². The number of carbonyl (C=O) groups is 1. The third-order valence-corrected chi connectivity index (χ3v) is 6.56. The molecule has 0 spiro atoms. The van der Waals surface area contributed by atoms with Gasteiger partial charge < -0.3 is 20.0 Å². The van der Waals surface area contributed by atoms with Crippen molar-refractivity contribution in [2.45, 2.75) is 18.5 Å². The molecule has 0 bridgehead atoms. The zero-order valence-corrected chi connectivity index (χ0v) is 20.6. The topological polar surface area (TPSA) is 70.4 Å². The molecule has 2 aromatic heterocycles. The molecule has 0 aliphatic carbocycles. The summed E-state index contributed by atoms with van der Waals surface area (Å²) in [6, 6.07) is 22.0. The van der Waals surface area contributed by atoms with Gasteiger partial charge in [0.05, 0.1) is 11.7 Å². The predicted molar refractivity (Wildman–Crippen MR) is 141 cm³/mol. The van der Waals surface area contributed by atoms with Crippen LogP contribution in [0, 0.1) is 5.82 Å². The van der Waals surface area contributed by atoms with Crippen LogP contribution >= 0.6 is 23.8 Å². The lowest BCUT2D eigenvalue weighted by Crippen LogP contribution is -2.32. The van der Waals surface area contributed by atoms with Crippen molar-refractivity contribution < 1.29 is 13.6 Å². The Morgan fingerprint density at radius 3 is 2.58 bits per heavy atom. The Kier molecular flexibility index (Phi) is 6.97. The Labute approximate surface area is 218 Å². The number of thiocarbonyl (C=S) groups is 1. The molecule has 3 heterocycles. The molecule has 182 valence electrons. The lowest BCUT2D eigenvalue weighted by molar-refractivity contribution is -0.116. The summed E-state index contributed by atoms with van der Waals surface area (Å²) in [5.41, 5.74) is 2.25. The van der Waals surface area contributed by atoms with Gasteiger partial charge in [-0.1, -0.05) is 17.7 Å². The van der Waals surface area contributed by atoms with Gasteiger partial charge in [-0.15, -0.1) is 0 Å². The molecule has 1 amide bonds. The van der Waals surface area contributed by atoms with Gasteiger partial charge in [0.25, 0.3) is 0 Å². The Bertz CT molecular complexity index is 1360. The maximum Gasteiger partial charge on any atom is 0.226 e. The van der Waals surface area contributed by atoms with Crippen molar-refractivity contribution in [2.75, 3.05) is 11.9 Å². The van der Waals surface area contributed by atoms with Gasteiger partial charge in [0.15, 0.2) is 5.11 Å². The minimum Gasteiger partial charge on any atom is -0.459 e. The zero-order valence-electron chi connectivity index (χ0n) is 19.0. The van der Waals surface area contributed by atoms with E-state index in [4.69, 9.17) is 28.2 Å². The molecule has 4 aromatic rings. The quantitative estimate of drug-likeness (QED) is 0.285. The summed E-state index contributed by atoms with van der Waals surface area (Å²) >= 11 is 11.7. The summed E-state index contributed by atoms with van der Waals surface area (Å²) in [6.07, 6.45) is 1.91. The van der Waals surface area contributed by atoms with Crippen LogP contribution in [0.5, 0.6) is 0 Å². The van der Waals surface area contributed by atoms with E-state index in [-0.39, 0.29) is 30.2 Å². The standard InChI is InChI=1S/C27H22ClFN4O2S/c28-18-6-4-17(5-7-18)22-12-13-23(35-22)26-25(21-3-1-2-15-30-21)32-27(36)33(26)16-14-24(34)31-20-10-8-19(29)9-11-20/h1-13,15,25-26H,14,16H2,(H,31,34)(H,32,36)/t25-,26-/m1/s1. The highest BCUT2D eigenvalue weighted by Crippen LogP contribution is 2.40. The van der Waals surface area contributed by atoms with Crippen molar-refractivity contribution >= 4 is 40.5 Å². The van der Waals surface area contributed by atoms with Crippen LogP contribution < -0.4 is 10.6 Å². The van der Waals surface area contributed by atoms with Crippen molar-refractivity contribution in [2.24, 2.45) is 0 Å². The van der Waals surface area contributed by atoms with Crippen LogP contribution in [0.2, 0.25) is 5.02 Å². The Balaban J connectivity index is 1.38.